The van der Waals surface area contributed by atoms with E-state index in [0.717, 1.165) is 5.69 Å². The fraction of sp³-hybridized carbons (Fsp3) is 0.0556. The minimum absolute atomic E-state index is 0.202. The Morgan fingerprint density at radius 2 is 1.76 bits per heavy atom. The van der Waals surface area contributed by atoms with Gasteiger partial charge in [0.25, 0.3) is 0 Å². The van der Waals surface area contributed by atoms with Crippen LogP contribution in [0.15, 0.2) is 54.7 Å². The maximum atomic E-state index is 13.3. The van der Waals surface area contributed by atoms with E-state index in [2.05, 4.69) is 20.6 Å². The van der Waals surface area contributed by atoms with Gasteiger partial charge in [0.1, 0.15) is 11.6 Å². The molecule has 2 aromatic carbocycles. The highest BCUT2D eigenvalue weighted by Crippen LogP contribution is 2.20. The van der Waals surface area contributed by atoms with E-state index in [1.54, 1.807) is 43.5 Å². The molecule has 7 heteroatoms. The number of hydrogen-bond acceptors (Lipinski definition) is 5. The molecule has 3 rings (SSSR count). The van der Waals surface area contributed by atoms with Gasteiger partial charge in [-0.3, -0.25) is 0 Å². The zero-order chi connectivity index (χ0) is 17.8. The Morgan fingerprint density at radius 1 is 1.04 bits per heavy atom. The number of halogens is 1. The molecule has 0 fully saturated rings. The average Bonchev–Trinajstić information content (AvgIpc) is 2.59. The number of carbonyl (C=O) groups is 1. The molecule has 0 aliphatic rings. The fourth-order valence-corrected chi connectivity index (χ4v) is 2.18. The number of nitrogens with zero attached hydrogens (tertiary/aromatic N) is 2. The van der Waals surface area contributed by atoms with Crippen molar-refractivity contribution in [1.29, 1.82) is 0 Å². The normalized spacial score (nSPS) is 10.3. The molecule has 0 aliphatic heterocycles. The van der Waals surface area contributed by atoms with Gasteiger partial charge in [0.15, 0.2) is 0 Å². The van der Waals surface area contributed by atoms with Crippen molar-refractivity contribution in [2.24, 2.45) is 0 Å². The Morgan fingerprint density at radius 3 is 2.44 bits per heavy atom. The molecule has 0 saturated carbocycles. The number of nitrogens with one attached hydrogen (secondary N) is 2. The molecular weight excluding hydrogens is 323 g/mol. The Balaban J connectivity index is 1.74. The van der Waals surface area contributed by atoms with Gasteiger partial charge >= 0.3 is 5.97 Å². The molecular formula is C18H15FN4O2. The van der Waals surface area contributed by atoms with Crippen molar-refractivity contribution >= 4 is 29.1 Å². The van der Waals surface area contributed by atoms with E-state index < -0.39 is 5.97 Å². The van der Waals surface area contributed by atoms with Crippen LogP contribution in [0.4, 0.5) is 27.5 Å². The molecule has 3 aromatic rings. The molecule has 0 unspecified atom stereocenters. The van der Waals surface area contributed by atoms with Crippen LogP contribution < -0.4 is 10.6 Å². The summed E-state index contributed by atoms with van der Waals surface area (Å²) in [5.74, 6) is -0.346. The number of rotatable bonds is 5. The lowest BCUT2D eigenvalue weighted by atomic mass is 10.2. The molecule has 0 radical (unpaired) electrons. The summed E-state index contributed by atoms with van der Waals surface area (Å²) in [5, 5.41) is 15.0. The van der Waals surface area contributed by atoms with E-state index in [0.29, 0.717) is 23.0 Å². The van der Waals surface area contributed by atoms with Gasteiger partial charge in [-0.1, -0.05) is 0 Å². The highest BCUT2D eigenvalue weighted by Gasteiger charge is 2.05. The molecule has 0 bridgehead atoms. The number of carboxylic acids is 1. The third kappa shape index (κ3) is 4.08. The van der Waals surface area contributed by atoms with Crippen LogP contribution in [0, 0.1) is 12.7 Å². The molecule has 126 valence electrons. The van der Waals surface area contributed by atoms with E-state index in [1.165, 1.54) is 18.2 Å². The summed E-state index contributed by atoms with van der Waals surface area (Å²) in [6, 6.07) is 12.7. The van der Waals surface area contributed by atoms with Crippen molar-refractivity contribution < 1.29 is 14.3 Å². The smallest absolute Gasteiger partial charge is 0.335 e. The third-order valence-electron chi connectivity index (χ3n) is 3.47. The van der Waals surface area contributed by atoms with Gasteiger partial charge in [-0.25, -0.2) is 14.2 Å². The lowest BCUT2D eigenvalue weighted by molar-refractivity contribution is 0.0697. The van der Waals surface area contributed by atoms with Crippen LogP contribution in [-0.4, -0.2) is 21.0 Å². The lowest BCUT2D eigenvalue weighted by Gasteiger charge is -2.09. The van der Waals surface area contributed by atoms with E-state index in [1.807, 2.05) is 0 Å². The first kappa shape index (κ1) is 16.4. The number of aromatic nitrogens is 2. The summed E-state index contributed by atoms with van der Waals surface area (Å²) < 4.78 is 13.3. The largest absolute Gasteiger partial charge is 0.478 e. The standard InChI is InChI=1S/C18H15FN4O2/c1-11-10-14(6-7-15(11)19)21-16-8-9-20-18(23-16)22-13-4-2-12(3-5-13)17(24)25/h2-10H,1H3,(H,24,25)(H2,20,21,22,23). The number of aryl methyl sites for hydroxylation is 1. The Hall–Kier alpha value is -3.48. The minimum Gasteiger partial charge on any atom is -0.478 e. The van der Waals surface area contributed by atoms with Crippen LogP contribution in [0.1, 0.15) is 15.9 Å². The van der Waals surface area contributed by atoms with Gasteiger partial charge in [-0.05, 0) is 61.0 Å². The zero-order valence-electron chi connectivity index (χ0n) is 13.3. The van der Waals surface area contributed by atoms with E-state index in [4.69, 9.17) is 5.11 Å². The Bertz CT molecular complexity index is 913. The van der Waals surface area contributed by atoms with Gasteiger partial charge in [-0.15, -0.1) is 0 Å². The molecule has 0 atom stereocenters. The van der Waals surface area contributed by atoms with E-state index in [-0.39, 0.29) is 11.4 Å². The molecule has 25 heavy (non-hydrogen) atoms. The fourth-order valence-electron chi connectivity index (χ4n) is 2.18. The SMILES string of the molecule is Cc1cc(Nc2ccnc(Nc3ccc(C(=O)O)cc3)n2)ccc1F. The minimum atomic E-state index is -0.983. The monoisotopic (exact) mass is 338 g/mol. The average molecular weight is 338 g/mol. The number of anilines is 4. The lowest BCUT2D eigenvalue weighted by Crippen LogP contribution is -2.01. The summed E-state index contributed by atoms with van der Waals surface area (Å²) in [7, 11) is 0. The van der Waals surface area contributed by atoms with Crippen LogP contribution in [0.3, 0.4) is 0 Å². The Kier molecular flexibility index (Phi) is 4.56. The molecule has 3 N–H and O–H groups in total. The third-order valence-corrected chi connectivity index (χ3v) is 3.47. The van der Waals surface area contributed by atoms with E-state index >= 15 is 0 Å². The maximum absolute atomic E-state index is 13.3. The van der Waals surface area contributed by atoms with Crippen molar-refractivity contribution in [1.82, 2.24) is 9.97 Å². The van der Waals surface area contributed by atoms with Crippen LogP contribution >= 0.6 is 0 Å². The van der Waals surface area contributed by atoms with Gasteiger partial charge in [0, 0.05) is 17.6 Å². The van der Waals surface area contributed by atoms with Crippen LogP contribution in [0.2, 0.25) is 0 Å². The molecule has 1 heterocycles. The summed E-state index contributed by atoms with van der Waals surface area (Å²) in [6.45, 7) is 1.69. The van der Waals surface area contributed by atoms with Gasteiger partial charge in [0.05, 0.1) is 5.56 Å². The maximum Gasteiger partial charge on any atom is 0.335 e. The zero-order valence-corrected chi connectivity index (χ0v) is 13.3. The van der Waals surface area contributed by atoms with Gasteiger partial charge in [0.2, 0.25) is 5.95 Å². The second kappa shape index (κ2) is 6.96. The highest BCUT2D eigenvalue weighted by molar-refractivity contribution is 5.88. The molecule has 0 aliphatic carbocycles. The predicted molar refractivity (Wildman–Crippen MR) is 93.1 cm³/mol. The second-order valence-corrected chi connectivity index (χ2v) is 5.36. The van der Waals surface area contributed by atoms with Crippen molar-refractivity contribution in [3.05, 3.63) is 71.7 Å². The molecule has 0 saturated heterocycles. The number of carboxylic acid groups (broad SMARTS) is 1. The highest BCUT2D eigenvalue weighted by atomic mass is 19.1. The predicted octanol–water partition coefficient (Wildman–Crippen LogP) is 4.11. The van der Waals surface area contributed by atoms with Crippen LogP contribution in [-0.2, 0) is 0 Å². The first-order chi connectivity index (χ1) is 12.0. The molecule has 1 aromatic heterocycles. The van der Waals surface area contributed by atoms with E-state index in [9.17, 15) is 9.18 Å². The van der Waals surface area contributed by atoms with Gasteiger partial charge < -0.3 is 15.7 Å². The number of hydrogen-bond donors (Lipinski definition) is 3. The van der Waals surface area contributed by atoms with Crippen LogP contribution in [0.25, 0.3) is 0 Å². The summed E-state index contributed by atoms with van der Waals surface area (Å²) >= 11 is 0. The molecule has 0 amide bonds. The van der Waals surface area contributed by atoms with Crippen molar-refractivity contribution in [3.8, 4) is 0 Å². The summed E-state index contributed by atoms with van der Waals surface area (Å²) in [6.07, 6.45) is 1.58. The quantitative estimate of drug-likeness (QED) is 0.649. The second-order valence-electron chi connectivity index (χ2n) is 5.36. The summed E-state index contributed by atoms with van der Waals surface area (Å²) in [4.78, 5) is 19.3. The first-order valence-electron chi connectivity index (χ1n) is 7.48. The molecule has 0 spiro atoms. The number of aromatic carboxylic acids is 1. The van der Waals surface area contributed by atoms with Crippen LogP contribution in [0.5, 0.6) is 0 Å². The number of benzene rings is 2. The molecule has 6 nitrogen and oxygen atoms in total. The summed E-state index contributed by atoms with van der Waals surface area (Å²) in [5.41, 5.74) is 2.12. The topological polar surface area (TPSA) is 87.1 Å². The van der Waals surface area contributed by atoms with Gasteiger partial charge in [-0.2, -0.15) is 4.98 Å². The Labute approximate surface area is 143 Å². The first-order valence-corrected chi connectivity index (χ1v) is 7.48. The van der Waals surface area contributed by atoms with Crippen molar-refractivity contribution in [3.63, 3.8) is 0 Å². The van der Waals surface area contributed by atoms with Crippen molar-refractivity contribution in [2.45, 2.75) is 6.92 Å². The van der Waals surface area contributed by atoms with Crippen molar-refractivity contribution in [2.75, 3.05) is 10.6 Å².